The maximum absolute atomic E-state index is 13.2. The van der Waals surface area contributed by atoms with Crippen LogP contribution in [0.25, 0.3) is 0 Å². The highest BCUT2D eigenvalue weighted by molar-refractivity contribution is 7.80. The van der Waals surface area contributed by atoms with Crippen LogP contribution in [0.3, 0.4) is 0 Å². The molecule has 0 radical (unpaired) electrons. The fourth-order valence-corrected chi connectivity index (χ4v) is 3.24. The van der Waals surface area contributed by atoms with Crippen LogP contribution in [0.2, 0.25) is 0 Å². The topological polar surface area (TPSA) is 72.6 Å². The number of esters is 1. The zero-order chi connectivity index (χ0) is 18.1. The molecule has 0 fully saturated rings. The number of nitrogens with two attached hydrogens (primary N) is 1. The largest absolute Gasteiger partial charge is 0.458 e. The SMILES string of the molecule is CC(=O)OC1CC(C(C)(C)C)C(=O)N(CC(N)=S)c2ccccc21. The summed E-state index contributed by atoms with van der Waals surface area (Å²) >= 11 is 5.03. The zero-order valence-corrected chi connectivity index (χ0v) is 15.4. The summed E-state index contributed by atoms with van der Waals surface area (Å²) in [5.41, 5.74) is 6.94. The number of rotatable bonds is 3. The summed E-state index contributed by atoms with van der Waals surface area (Å²) < 4.78 is 5.54. The van der Waals surface area contributed by atoms with Gasteiger partial charge in [0.1, 0.15) is 6.10 Å². The van der Waals surface area contributed by atoms with Crippen LogP contribution >= 0.6 is 12.2 Å². The highest BCUT2D eigenvalue weighted by atomic mass is 32.1. The summed E-state index contributed by atoms with van der Waals surface area (Å²) in [7, 11) is 0. The second-order valence-electron chi connectivity index (χ2n) is 7.20. The van der Waals surface area contributed by atoms with E-state index in [-0.39, 0.29) is 34.7 Å². The Bertz CT molecular complexity index is 666. The number of ether oxygens (including phenoxy) is 1. The standard InChI is InChI=1S/C18H24N2O3S/c1-11(21)23-15-9-13(18(2,3)4)17(22)20(10-16(19)24)14-8-6-5-7-12(14)15/h5-8,13,15H,9-10H2,1-4H3,(H2,19,24). The van der Waals surface area contributed by atoms with Crippen molar-refractivity contribution in [2.75, 3.05) is 11.4 Å². The van der Waals surface area contributed by atoms with Crippen LogP contribution in [0, 0.1) is 11.3 Å². The van der Waals surface area contributed by atoms with E-state index >= 15 is 0 Å². The van der Waals surface area contributed by atoms with E-state index in [0.717, 1.165) is 5.56 Å². The van der Waals surface area contributed by atoms with E-state index in [1.807, 2.05) is 45.0 Å². The van der Waals surface area contributed by atoms with Crippen molar-refractivity contribution in [3.8, 4) is 0 Å². The van der Waals surface area contributed by atoms with Crippen LogP contribution in [-0.4, -0.2) is 23.4 Å². The third-order valence-electron chi connectivity index (χ3n) is 4.26. The van der Waals surface area contributed by atoms with Gasteiger partial charge in [0, 0.05) is 24.8 Å². The third-order valence-corrected chi connectivity index (χ3v) is 4.38. The van der Waals surface area contributed by atoms with Gasteiger partial charge in [-0.3, -0.25) is 9.59 Å². The Morgan fingerprint density at radius 1 is 1.38 bits per heavy atom. The Morgan fingerprint density at radius 3 is 2.54 bits per heavy atom. The van der Waals surface area contributed by atoms with Crippen LogP contribution < -0.4 is 10.6 Å². The molecular formula is C18H24N2O3S. The van der Waals surface area contributed by atoms with E-state index in [1.165, 1.54) is 6.92 Å². The predicted octanol–water partition coefficient (Wildman–Crippen LogP) is 2.98. The molecule has 0 saturated heterocycles. The molecule has 1 heterocycles. The fourth-order valence-electron chi connectivity index (χ4n) is 3.11. The molecule has 1 aliphatic rings. The Labute approximate surface area is 148 Å². The first kappa shape index (κ1) is 18.4. The second kappa shape index (κ2) is 6.89. The fraction of sp³-hybridized carbons (Fsp3) is 0.500. The van der Waals surface area contributed by atoms with Gasteiger partial charge in [-0.2, -0.15) is 0 Å². The number of para-hydroxylation sites is 1. The minimum atomic E-state index is -0.469. The summed E-state index contributed by atoms with van der Waals surface area (Å²) in [6.07, 6.45) is -0.0320. The van der Waals surface area contributed by atoms with Crippen molar-refractivity contribution >= 4 is 34.8 Å². The number of thiocarbonyl (C=S) groups is 1. The first-order chi connectivity index (χ1) is 11.1. The molecule has 2 unspecified atom stereocenters. The number of hydrogen-bond donors (Lipinski definition) is 1. The van der Waals surface area contributed by atoms with Crippen molar-refractivity contribution in [3.63, 3.8) is 0 Å². The van der Waals surface area contributed by atoms with Gasteiger partial charge in [-0.1, -0.05) is 51.2 Å². The molecule has 2 rings (SSSR count). The Balaban J connectivity index is 2.59. The molecule has 1 aromatic rings. The van der Waals surface area contributed by atoms with Gasteiger partial charge >= 0.3 is 5.97 Å². The number of fused-ring (bicyclic) bond motifs is 1. The van der Waals surface area contributed by atoms with Gasteiger partial charge < -0.3 is 15.4 Å². The Morgan fingerprint density at radius 2 is 2.00 bits per heavy atom. The van der Waals surface area contributed by atoms with E-state index < -0.39 is 6.10 Å². The molecule has 1 aliphatic heterocycles. The lowest BCUT2D eigenvalue weighted by Crippen LogP contribution is -2.44. The number of benzene rings is 1. The van der Waals surface area contributed by atoms with Crippen molar-refractivity contribution in [1.29, 1.82) is 0 Å². The van der Waals surface area contributed by atoms with Gasteiger partial charge in [-0.25, -0.2) is 0 Å². The van der Waals surface area contributed by atoms with E-state index in [9.17, 15) is 9.59 Å². The molecule has 0 aromatic heterocycles. The molecule has 2 N–H and O–H groups in total. The monoisotopic (exact) mass is 348 g/mol. The van der Waals surface area contributed by atoms with Crippen molar-refractivity contribution in [2.45, 2.75) is 40.2 Å². The molecule has 1 amide bonds. The van der Waals surface area contributed by atoms with Gasteiger partial charge in [-0.05, 0) is 11.5 Å². The summed E-state index contributed by atoms with van der Waals surface area (Å²) in [6.45, 7) is 7.58. The average molecular weight is 348 g/mol. The first-order valence-corrected chi connectivity index (χ1v) is 8.38. The Kier molecular flexibility index (Phi) is 5.28. The summed E-state index contributed by atoms with van der Waals surface area (Å²) in [5.74, 6) is -0.723. The van der Waals surface area contributed by atoms with Crippen molar-refractivity contribution < 1.29 is 14.3 Å². The number of carbonyl (C=O) groups excluding carboxylic acids is 2. The van der Waals surface area contributed by atoms with Gasteiger partial charge in [0.2, 0.25) is 5.91 Å². The summed E-state index contributed by atoms with van der Waals surface area (Å²) in [5, 5.41) is 0. The quantitative estimate of drug-likeness (QED) is 0.671. The lowest BCUT2D eigenvalue weighted by atomic mass is 9.76. The van der Waals surface area contributed by atoms with Gasteiger partial charge in [-0.15, -0.1) is 0 Å². The molecule has 2 atom stereocenters. The third kappa shape index (κ3) is 3.93. The lowest BCUT2D eigenvalue weighted by molar-refractivity contribution is -0.149. The van der Waals surface area contributed by atoms with Gasteiger partial charge in [0.25, 0.3) is 0 Å². The van der Waals surface area contributed by atoms with Crippen LogP contribution in [0.4, 0.5) is 5.69 Å². The molecule has 5 nitrogen and oxygen atoms in total. The van der Waals surface area contributed by atoms with Gasteiger partial charge in [0.05, 0.1) is 17.2 Å². The number of carbonyl (C=O) groups is 2. The zero-order valence-electron chi connectivity index (χ0n) is 14.5. The molecule has 6 heteroatoms. The molecule has 0 saturated carbocycles. The molecule has 0 bridgehead atoms. The second-order valence-corrected chi connectivity index (χ2v) is 7.73. The maximum Gasteiger partial charge on any atom is 0.303 e. The minimum absolute atomic E-state index is 0.0441. The van der Waals surface area contributed by atoms with Crippen molar-refractivity contribution in [1.82, 2.24) is 0 Å². The average Bonchev–Trinajstić information content (AvgIpc) is 2.56. The molecule has 0 aliphatic carbocycles. The Hall–Kier alpha value is -1.95. The highest BCUT2D eigenvalue weighted by Crippen LogP contribution is 2.43. The molecular weight excluding hydrogens is 324 g/mol. The minimum Gasteiger partial charge on any atom is -0.458 e. The number of amides is 1. The van der Waals surface area contributed by atoms with Crippen LogP contribution in [-0.2, 0) is 14.3 Å². The highest BCUT2D eigenvalue weighted by Gasteiger charge is 2.41. The van der Waals surface area contributed by atoms with Crippen molar-refractivity contribution in [3.05, 3.63) is 29.8 Å². The number of nitrogens with zero attached hydrogens (tertiary/aromatic N) is 1. The van der Waals surface area contributed by atoms with Gasteiger partial charge in [0.15, 0.2) is 0 Å². The maximum atomic E-state index is 13.2. The smallest absolute Gasteiger partial charge is 0.303 e. The summed E-state index contributed by atoms with van der Waals surface area (Å²) in [6, 6.07) is 7.44. The van der Waals surface area contributed by atoms with Crippen LogP contribution in [0.5, 0.6) is 0 Å². The van der Waals surface area contributed by atoms with Crippen molar-refractivity contribution in [2.24, 2.45) is 17.1 Å². The molecule has 24 heavy (non-hydrogen) atoms. The van der Waals surface area contributed by atoms with Crippen LogP contribution in [0.15, 0.2) is 24.3 Å². The molecule has 1 aromatic carbocycles. The van der Waals surface area contributed by atoms with E-state index in [1.54, 1.807) is 4.90 Å². The molecule has 130 valence electrons. The lowest BCUT2D eigenvalue weighted by Gasteiger charge is -2.32. The van der Waals surface area contributed by atoms with E-state index in [0.29, 0.717) is 12.1 Å². The normalized spacial score (nSPS) is 21.0. The predicted molar refractivity (Wildman–Crippen MR) is 97.6 cm³/mol. The van der Waals surface area contributed by atoms with Crippen LogP contribution in [0.1, 0.15) is 45.8 Å². The van der Waals surface area contributed by atoms with E-state index in [2.05, 4.69) is 0 Å². The first-order valence-electron chi connectivity index (χ1n) is 7.97. The van der Waals surface area contributed by atoms with E-state index in [4.69, 9.17) is 22.7 Å². The molecule has 0 spiro atoms. The number of hydrogen-bond acceptors (Lipinski definition) is 4. The summed E-state index contributed by atoms with van der Waals surface area (Å²) in [4.78, 5) is 26.6. The number of anilines is 1.